The van der Waals surface area contributed by atoms with Crippen LogP contribution in [0.5, 0.6) is 5.88 Å². The van der Waals surface area contributed by atoms with E-state index in [4.69, 9.17) is 10.5 Å². The van der Waals surface area contributed by atoms with Crippen LogP contribution in [-0.2, 0) is 6.42 Å². The van der Waals surface area contributed by atoms with Gasteiger partial charge < -0.3 is 15.6 Å². The lowest BCUT2D eigenvalue weighted by Crippen LogP contribution is -2.28. The minimum absolute atomic E-state index is 0.0114. The van der Waals surface area contributed by atoms with Gasteiger partial charge in [-0.2, -0.15) is 0 Å². The molecule has 23 heavy (non-hydrogen) atoms. The molecule has 0 saturated heterocycles. The summed E-state index contributed by atoms with van der Waals surface area (Å²) < 4.78 is 20.0. The van der Waals surface area contributed by atoms with Crippen molar-refractivity contribution in [2.75, 3.05) is 6.61 Å². The molecular formula is C17H17FN2O3. The number of amides is 1. The summed E-state index contributed by atoms with van der Waals surface area (Å²) >= 11 is 0. The molecule has 1 amide bonds. The molecule has 0 bridgehead atoms. The van der Waals surface area contributed by atoms with Gasteiger partial charge in [-0.25, -0.2) is 9.37 Å². The molecule has 0 saturated carbocycles. The van der Waals surface area contributed by atoms with Crippen molar-refractivity contribution in [2.45, 2.75) is 25.9 Å². The molecule has 1 aromatic carbocycles. The molecule has 1 aromatic heterocycles. The van der Waals surface area contributed by atoms with Crippen LogP contribution in [0.3, 0.4) is 0 Å². The summed E-state index contributed by atoms with van der Waals surface area (Å²) in [7, 11) is 0. The van der Waals surface area contributed by atoms with E-state index >= 15 is 0 Å². The minimum Gasteiger partial charge on any atom is -0.472 e. The number of nitrogens with zero attached hydrogens (tertiary/aromatic N) is 1. The van der Waals surface area contributed by atoms with Crippen molar-refractivity contribution in [2.24, 2.45) is 5.73 Å². The van der Waals surface area contributed by atoms with Gasteiger partial charge in [0.15, 0.2) is 0 Å². The minimum atomic E-state index is -0.712. The van der Waals surface area contributed by atoms with Crippen LogP contribution >= 0.6 is 0 Å². The van der Waals surface area contributed by atoms with Crippen molar-refractivity contribution < 1.29 is 19.0 Å². The van der Waals surface area contributed by atoms with Crippen LogP contribution < -0.4 is 10.5 Å². The topological polar surface area (TPSA) is 85.4 Å². The van der Waals surface area contributed by atoms with Crippen molar-refractivity contribution >= 4 is 5.91 Å². The van der Waals surface area contributed by atoms with Crippen LogP contribution in [0.1, 0.15) is 28.0 Å². The molecule has 6 heteroatoms. The normalized spacial score (nSPS) is 16.6. The molecule has 0 aliphatic carbocycles. The molecule has 0 spiro atoms. The number of pyridine rings is 1. The van der Waals surface area contributed by atoms with Gasteiger partial charge in [-0.3, -0.25) is 4.79 Å². The zero-order valence-corrected chi connectivity index (χ0v) is 12.7. The number of aromatic nitrogens is 1. The fourth-order valence-electron chi connectivity index (χ4n) is 2.74. The molecule has 0 radical (unpaired) electrons. The Morgan fingerprint density at radius 1 is 1.43 bits per heavy atom. The zero-order valence-electron chi connectivity index (χ0n) is 12.7. The van der Waals surface area contributed by atoms with Crippen LogP contribution in [0, 0.1) is 12.7 Å². The Hall–Kier alpha value is -2.47. The van der Waals surface area contributed by atoms with E-state index in [0.717, 1.165) is 11.1 Å². The van der Waals surface area contributed by atoms with E-state index in [1.807, 2.05) is 0 Å². The van der Waals surface area contributed by atoms with Crippen LogP contribution in [0.2, 0.25) is 0 Å². The fraction of sp³-hybridized carbons (Fsp3) is 0.294. The molecule has 3 N–H and O–H groups in total. The molecule has 1 atom stereocenters. The zero-order chi connectivity index (χ0) is 16.6. The Kier molecular flexibility index (Phi) is 4.00. The van der Waals surface area contributed by atoms with Gasteiger partial charge in [0.1, 0.15) is 17.6 Å². The van der Waals surface area contributed by atoms with Gasteiger partial charge in [0.25, 0.3) is 5.91 Å². The third-order valence-electron chi connectivity index (χ3n) is 3.95. The second-order valence-electron chi connectivity index (χ2n) is 5.65. The average Bonchev–Trinajstić information content (AvgIpc) is 2.53. The van der Waals surface area contributed by atoms with Gasteiger partial charge in [0.05, 0.1) is 6.61 Å². The number of aryl methyl sites for hydroxylation is 1. The molecule has 2 aromatic rings. The standard InChI is InChI=1S/C17H17FN2O3/c1-9-2-4-11(14(18)6-9)13-7-15(16(19)22)20-17-12(13)5-3-10(8-21)23-17/h2,4,6-7,10,21H,3,5,8H2,1H3,(H2,19,22)/t10-/m1/s1. The Balaban J connectivity index is 2.19. The molecule has 1 aliphatic heterocycles. The highest BCUT2D eigenvalue weighted by molar-refractivity contribution is 5.93. The lowest BCUT2D eigenvalue weighted by molar-refractivity contribution is 0.0913. The number of fused-ring (bicyclic) bond motifs is 1. The maximum atomic E-state index is 14.4. The van der Waals surface area contributed by atoms with E-state index in [1.165, 1.54) is 12.1 Å². The summed E-state index contributed by atoms with van der Waals surface area (Å²) in [6, 6.07) is 6.41. The van der Waals surface area contributed by atoms with Crippen molar-refractivity contribution in [1.82, 2.24) is 4.98 Å². The van der Waals surface area contributed by atoms with Gasteiger partial charge >= 0.3 is 0 Å². The van der Waals surface area contributed by atoms with Gasteiger partial charge in [-0.05, 0) is 43.0 Å². The number of primary amides is 1. The van der Waals surface area contributed by atoms with E-state index in [9.17, 15) is 14.3 Å². The van der Waals surface area contributed by atoms with E-state index in [2.05, 4.69) is 4.98 Å². The number of ether oxygens (including phenoxy) is 1. The maximum Gasteiger partial charge on any atom is 0.267 e. The van der Waals surface area contributed by atoms with Crippen molar-refractivity contribution in [3.8, 4) is 17.0 Å². The Morgan fingerprint density at radius 2 is 2.22 bits per heavy atom. The number of aliphatic hydroxyl groups is 1. The Labute approximate surface area is 132 Å². The Bertz CT molecular complexity index is 777. The van der Waals surface area contributed by atoms with Crippen molar-refractivity contribution in [3.63, 3.8) is 0 Å². The predicted molar refractivity (Wildman–Crippen MR) is 82.7 cm³/mol. The van der Waals surface area contributed by atoms with Crippen molar-refractivity contribution in [3.05, 3.63) is 46.9 Å². The Morgan fingerprint density at radius 3 is 2.87 bits per heavy atom. The van der Waals surface area contributed by atoms with Crippen LogP contribution in [0.4, 0.5) is 4.39 Å². The summed E-state index contributed by atoms with van der Waals surface area (Å²) in [6.45, 7) is 1.66. The molecule has 120 valence electrons. The molecular weight excluding hydrogens is 299 g/mol. The average molecular weight is 316 g/mol. The third kappa shape index (κ3) is 2.90. The quantitative estimate of drug-likeness (QED) is 0.906. The summed E-state index contributed by atoms with van der Waals surface area (Å²) in [4.78, 5) is 15.6. The lowest BCUT2D eigenvalue weighted by atomic mass is 9.93. The predicted octanol–water partition coefficient (Wildman–Crippen LogP) is 1.98. The lowest BCUT2D eigenvalue weighted by Gasteiger charge is -2.26. The maximum absolute atomic E-state index is 14.4. The number of carbonyl (C=O) groups excluding carboxylic acids is 1. The third-order valence-corrected chi connectivity index (χ3v) is 3.95. The molecule has 5 nitrogen and oxygen atoms in total. The molecule has 3 rings (SSSR count). The first-order valence-electron chi connectivity index (χ1n) is 7.37. The fourth-order valence-corrected chi connectivity index (χ4v) is 2.74. The molecule has 2 heterocycles. The first kappa shape index (κ1) is 15.4. The highest BCUT2D eigenvalue weighted by Gasteiger charge is 2.26. The molecule has 0 unspecified atom stereocenters. The summed E-state index contributed by atoms with van der Waals surface area (Å²) in [5.41, 5.74) is 7.80. The van der Waals surface area contributed by atoms with Crippen LogP contribution in [0.15, 0.2) is 24.3 Å². The number of halogens is 1. The van der Waals surface area contributed by atoms with E-state index in [1.54, 1.807) is 19.1 Å². The van der Waals surface area contributed by atoms with E-state index in [0.29, 0.717) is 24.0 Å². The van der Waals surface area contributed by atoms with Crippen LogP contribution in [-0.4, -0.2) is 28.7 Å². The number of rotatable bonds is 3. The monoisotopic (exact) mass is 316 g/mol. The number of hydrogen-bond donors (Lipinski definition) is 2. The second kappa shape index (κ2) is 5.96. The van der Waals surface area contributed by atoms with Gasteiger partial charge in [-0.15, -0.1) is 0 Å². The number of benzene rings is 1. The summed E-state index contributed by atoms with van der Waals surface area (Å²) in [5.74, 6) is -0.851. The SMILES string of the molecule is Cc1ccc(-c2cc(C(N)=O)nc3c2CC[C@H](CO)O3)c(F)c1. The largest absolute Gasteiger partial charge is 0.472 e. The number of carbonyl (C=O) groups is 1. The van der Waals surface area contributed by atoms with Gasteiger partial charge in [0.2, 0.25) is 5.88 Å². The first-order chi connectivity index (χ1) is 11.0. The van der Waals surface area contributed by atoms with E-state index < -0.39 is 5.91 Å². The van der Waals surface area contributed by atoms with Crippen molar-refractivity contribution in [1.29, 1.82) is 0 Å². The van der Waals surface area contributed by atoms with Gasteiger partial charge in [-0.1, -0.05) is 12.1 Å². The smallest absolute Gasteiger partial charge is 0.267 e. The molecule has 1 aliphatic rings. The van der Waals surface area contributed by atoms with Gasteiger partial charge in [0, 0.05) is 11.1 Å². The number of aliphatic hydroxyl groups excluding tert-OH is 1. The number of nitrogens with two attached hydrogens (primary N) is 1. The van der Waals surface area contributed by atoms with E-state index in [-0.39, 0.29) is 30.1 Å². The highest BCUT2D eigenvalue weighted by atomic mass is 19.1. The van der Waals surface area contributed by atoms with Crippen LogP contribution in [0.25, 0.3) is 11.1 Å². The summed E-state index contributed by atoms with van der Waals surface area (Å²) in [6.07, 6.45) is 0.797. The summed E-state index contributed by atoms with van der Waals surface area (Å²) in [5, 5.41) is 9.25. The first-order valence-corrected chi connectivity index (χ1v) is 7.37. The highest BCUT2D eigenvalue weighted by Crippen LogP contribution is 2.36. The molecule has 0 fully saturated rings. The number of hydrogen-bond acceptors (Lipinski definition) is 4. The second-order valence-corrected chi connectivity index (χ2v) is 5.65.